The van der Waals surface area contributed by atoms with Crippen molar-refractivity contribution in [2.24, 2.45) is 0 Å². The summed E-state index contributed by atoms with van der Waals surface area (Å²) >= 11 is 0. The lowest BCUT2D eigenvalue weighted by Gasteiger charge is -2.19. The summed E-state index contributed by atoms with van der Waals surface area (Å²) in [4.78, 5) is 12.2. The number of hydrogen-bond acceptors (Lipinski definition) is 1. The fourth-order valence-corrected chi connectivity index (χ4v) is 1.84. The molecule has 2 aromatic carbocycles. The largest absolute Gasteiger partial charge is 0.336 e. The molecule has 106 valence electrons. The van der Waals surface area contributed by atoms with E-state index in [-0.39, 0.29) is 5.91 Å². The molecular formula is C19H19NO. The van der Waals surface area contributed by atoms with Crippen LogP contribution in [0.3, 0.4) is 0 Å². The number of nitrogens with one attached hydrogen (secondary N) is 1. The number of aryl methyl sites for hydroxylation is 1. The molecule has 0 unspecified atom stereocenters. The summed E-state index contributed by atoms with van der Waals surface area (Å²) in [6.45, 7) is 5.79. The van der Waals surface area contributed by atoms with Crippen LogP contribution in [-0.4, -0.2) is 11.4 Å². The highest BCUT2D eigenvalue weighted by atomic mass is 16.1. The predicted molar refractivity (Wildman–Crippen MR) is 86.0 cm³/mol. The number of rotatable bonds is 2. The summed E-state index contributed by atoms with van der Waals surface area (Å²) in [5.74, 6) is 6.08. The van der Waals surface area contributed by atoms with Gasteiger partial charge in [-0.15, -0.1) is 0 Å². The Balaban J connectivity index is 2.09. The number of carbonyl (C=O) groups excluding carboxylic acids is 1. The maximum absolute atomic E-state index is 12.2. The van der Waals surface area contributed by atoms with E-state index in [4.69, 9.17) is 0 Å². The normalized spacial score (nSPS) is 10.4. The Morgan fingerprint density at radius 3 is 2.24 bits per heavy atom. The maximum atomic E-state index is 12.2. The van der Waals surface area contributed by atoms with E-state index < -0.39 is 5.54 Å². The second-order valence-electron chi connectivity index (χ2n) is 5.56. The van der Waals surface area contributed by atoms with Gasteiger partial charge in [-0.25, -0.2) is 0 Å². The van der Waals surface area contributed by atoms with Gasteiger partial charge in [-0.1, -0.05) is 47.7 Å². The smallest absolute Gasteiger partial charge is 0.252 e. The molecule has 2 aromatic rings. The van der Waals surface area contributed by atoms with Gasteiger partial charge in [0.15, 0.2) is 0 Å². The summed E-state index contributed by atoms with van der Waals surface area (Å²) in [5.41, 5.74) is 2.14. The third kappa shape index (κ3) is 4.50. The van der Waals surface area contributed by atoms with Crippen molar-refractivity contribution in [1.29, 1.82) is 0 Å². The van der Waals surface area contributed by atoms with Crippen LogP contribution in [0, 0.1) is 18.8 Å². The maximum Gasteiger partial charge on any atom is 0.252 e. The molecule has 0 heterocycles. The van der Waals surface area contributed by atoms with Crippen molar-refractivity contribution in [3.8, 4) is 11.8 Å². The molecule has 2 rings (SSSR count). The molecule has 21 heavy (non-hydrogen) atoms. The van der Waals surface area contributed by atoms with E-state index in [0.29, 0.717) is 5.56 Å². The van der Waals surface area contributed by atoms with E-state index in [1.54, 1.807) is 0 Å². The van der Waals surface area contributed by atoms with Crippen molar-refractivity contribution >= 4 is 5.91 Å². The zero-order valence-electron chi connectivity index (χ0n) is 12.6. The standard InChI is InChI=1S/C19H19NO/c1-15-9-11-17(12-10-15)18(21)20-19(2,3)14-13-16-7-5-4-6-8-16/h4-12H,1-3H3,(H,20,21). The summed E-state index contributed by atoms with van der Waals surface area (Å²) < 4.78 is 0. The van der Waals surface area contributed by atoms with Crippen LogP contribution in [0.1, 0.15) is 35.3 Å². The van der Waals surface area contributed by atoms with Gasteiger partial charge in [-0.3, -0.25) is 4.79 Å². The fourth-order valence-electron chi connectivity index (χ4n) is 1.84. The summed E-state index contributed by atoms with van der Waals surface area (Å²) in [5, 5.41) is 2.95. The van der Waals surface area contributed by atoms with Gasteiger partial charge in [0.1, 0.15) is 0 Å². The van der Waals surface area contributed by atoms with E-state index in [0.717, 1.165) is 11.1 Å². The molecule has 0 saturated carbocycles. The monoisotopic (exact) mass is 277 g/mol. The van der Waals surface area contributed by atoms with Gasteiger partial charge < -0.3 is 5.32 Å². The summed E-state index contributed by atoms with van der Waals surface area (Å²) in [6.07, 6.45) is 0. The van der Waals surface area contributed by atoms with E-state index in [9.17, 15) is 4.79 Å². The molecule has 0 radical (unpaired) electrons. The van der Waals surface area contributed by atoms with Gasteiger partial charge >= 0.3 is 0 Å². The topological polar surface area (TPSA) is 29.1 Å². The SMILES string of the molecule is Cc1ccc(C(=O)NC(C)(C)C#Cc2ccccc2)cc1. The van der Waals surface area contributed by atoms with Crippen LogP contribution in [0.2, 0.25) is 0 Å². The van der Waals surface area contributed by atoms with Gasteiger partial charge in [0.05, 0.1) is 5.54 Å². The Hall–Kier alpha value is -2.53. The van der Waals surface area contributed by atoms with Crippen molar-refractivity contribution in [2.75, 3.05) is 0 Å². The lowest BCUT2D eigenvalue weighted by Crippen LogP contribution is -2.42. The minimum absolute atomic E-state index is 0.109. The number of hydrogen-bond donors (Lipinski definition) is 1. The van der Waals surface area contributed by atoms with E-state index >= 15 is 0 Å². The van der Waals surface area contributed by atoms with Gasteiger partial charge in [0.25, 0.3) is 5.91 Å². The first-order chi connectivity index (χ1) is 9.96. The Morgan fingerprint density at radius 2 is 1.62 bits per heavy atom. The molecule has 0 bridgehead atoms. The molecule has 0 aliphatic rings. The van der Waals surface area contributed by atoms with Gasteiger partial charge in [0.2, 0.25) is 0 Å². The molecule has 0 spiro atoms. The van der Waals surface area contributed by atoms with E-state index in [1.165, 1.54) is 0 Å². The Morgan fingerprint density at radius 1 is 1.00 bits per heavy atom. The fraction of sp³-hybridized carbons (Fsp3) is 0.211. The second-order valence-corrected chi connectivity index (χ2v) is 5.56. The van der Waals surface area contributed by atoms with Crippen molar-refractivity contribution in [3.63, 3.8) is 0 Å². The van der Waals surface area contributed by atoms with Crippen molar-refractivity contribution < 1.29 is 4.79 Å². The van der Waals surface area contributed by atoms with Crippen LogP contribution in [0.25, 0.3) is 0 Å². The minimum Gasteiger partial charge on any atom is -0.336 e. The third-order valence-electron chi connectivity index (χ3n) is 3.03. The molecule has 0 fully saturated rings. The van der Waals surface area contributed by atoms with Crippen LogP contribution in [0.4, 0.5) is 0 Å². The summed E-state index contributed by atoms with van der Waals surface area (Å²) in [6, 6.07) is 17.3. The molecule has 1 N–H and O–H groups in total. The predicted octanol–water partition coefficient (Wildman–Crippen LogP) is 3.56. The van der Waals surface area contributed by atoms with Crippen molar-refractivity contribution in [3.05, 3.63) is 71.3 Å². The molecular weight excluding hydrogens is 258 g/mol. The molecule has 0 saturated heterocycles. The van der Waals surface area contributed by atoms with Gasteiger partial charge in [-0.05, 0) is 45.0 Å². The lowest BCUT2D eigenvalue weighted by molar-refractivity contribution is 0.0930. The van der Waals surface area contributed by atoms with Crippen molar-refractivity contribution in [2.45, 2.75) is 26.3 Å². The lowest BCUT2D eigenvalue weighted by atomic mass is 10.0. The minimum atomic E-state index is -0.586. The first-order valence-corrected chi connectivity index (χ1v) is 6.94. The molecule has 0 aromatic heterocycles. The average molecular weight is 277 g/mol. The molecule has 0 atom stereocenters. The highest BCUT2D eigenvalue weighted by Gasteiger charge is 2.18. The first kappa shape index (κ1) is 14.9. The van der Waals surface area contributed by atoms with Crippen LogP contribution in [0.15, 0.2) is 54.6 Å². The average Bonchev–Trinajstić information content (AvgIpc) is 2.46. The third-order valence-corrected chi connectivity index (χ3v) is 3.03. The zero-order valence-corrected chi connectivity index (χ0v) is 12.6. The highest BCUT2D eigenvalue weighted by molar-refractivity contribution is 5.94. The molecule has 2 heteroatoms. The zero-order chi connectivity index (χ0) is 15.3. The molecule has 1 amide bonds. The number of carbonyl (C=O) groups is 1. The molecule has 0 aliphatic carbocycles. The van der Waals surface area contributed by atoms with E-state index in [2.05, 4.69) is 17.2 Å². The van der Waals surface area contributed by atoms with Gasteiger partial charge in [0, 0.05) is 11.1 Å². The second kappa shape index (κ2) is 6.28. The quantitative estimate of drug-likeness (QED) is 0.836. The number of benzene rings is 2. The van der Waals surface area contributed by atoms with Crippen LogP contribution < -0.4 is 5.32 Å². The highest BCUT2D eigenvalue weighted by Crippen LogP contribution is 2.07. The molecule has 2 nitrogen and oxygen atoms in total. The first-order valence-electron chi connectivity index (χ1n) is 6.94. The Kier molecular flexibility index (Phi) is 4.45. The number of amides is 1. The van der Waals surface area contributed by atoms with E-state index in [1.807, 2.05) is 75.4 Å². The van der Waals surface area contributed by atoms with Crippen LogP contribution in [-0.2, 0) is 0 Å². The van der Waals surface area contributed by atoms with Crippen LogP contribution >= 0.6 is 0 Å². The van der Waals surface area contributed by atoms with Crippen LogP contribution in [0.5, 0.6) is 0 Å². The van der Waals surface area contributed by atoms with Crippen molar-refractivity contribution in [1.82, 2.24) is 5.32 Å². The van der Waals surface area contributed by atoms with Gasteiger partial charge in [-0.2, -0.15) is 0 Å². The Bertz CT molecular complexity index is 673. The Labute approximate surface area is 126 Å². The summed E-state index contributed by atoms with van der Waals surface area (Å²) in [7, 11) is 0. The molecule has 0 aliphatic heterocycles.